The maximum Gasteiger partial charge on any atom is 1.00 e. The molecule has 0 radical (unpaired) electrons. The van der Waals surface area contributed by atoms with E-state index in [1.54, 1.807) is 0 Å². The van der Waals surface area contributed by atoms with Crippen LogP contribution < -0.4 is 59.1 Å². The molecule has 0 aliphatic heterocycles. The van der Waals surface area contributed by atoms with Crippen molar-refractivity contribution in [1.82, 2.24) is 0 Å². The molecule has 0 aromatic rings. The number of rotatable bonds is 0. The first-order chi connectivity index (χ1) is 5.46. The Morgan fingerprint density at radius 3 is 1.14 bits per heavy atom. The van der Waals surface area contributed by atoms with Gasteiger partial charge in [-0.1, -0.05) is 0 Å². The SMILES string of the molecule is O=C1C(=O)C(=O)C(O)C(O)C1=O.[Na+].[Na+]. The van der Waals surface area contributed by atoms with Gasteiger partial charge in [0.1, 0.15) is 0 Å². The Kier molecular flexibility index (Phi) is 7.58. The molecule has 2 atom stereocenters. The van der Waals surface area contributed by atoms with Crippen LogP contribution in [0.2, 0.25) is 0 Å². The number of aliphatic hydroxyl groups is 2. The molecule has 1 aliphatic rings. The normalized spacial score (nSPS) is 26.7. The molecule has 6 nitrogen and oxygen atoms in total. The van der Waals surface area contributed by atoms with Crippen molar-refractivity contribution in [1.29, 1.82) is 0 Å². The van der Waals surface area contributed by atoms with Gasteiger partial charge < -0.3 is 10.2 Å². The van der Waals surface area contributed by atoms with Gasteiger partial charge in [0.25, 0.3) is 11.6 Å². The first kappa shape index (κ1) is 17.0. The van der Waals surface area contributed by atoms with Gasteiger partial charge in [0.2, 0.25) is 11.6 Å². The van der Waals surface area contributed by atoms with Gasteiger partial charge in [0.15, 0.2) is 12.2 Å². The van der Waals surface area contributed by atoms with Crippen molar-refractivity contribution >= 4 is 23.1 Å². The first-order valence-electron chi connectivity index (χ1n) is 2.99. The summed E-state index contributed by atoms with van der Waals surface area (Å²) in [5.41, 5.74) is 0. The summed E-state index contributed by atoms with van der Waals surface area (Å²) in [5.74, 6) is -6.02. The summed E-state index contributed by atoms with van der Waals surface area (Å²) in [5, 5.41) is 17.4. The molecule has 0 spiro atoms. The van der Waals surface area contributed by atoms with Crippen molar-refractivity contribution in [2.45, 2.75) is 12.2 Å². The average Bonchev–Trinajstić information content (AvgIpc) is 2.08. The number of carbonyl (C=O) groups excluding carboxylic acids is 4. The van der Waals surface area contributed by atoms with Crippen LogP contribution in [-0.2, 0) is 19.2 Å². The summed E-state index contributed by atoms with van der Waals surface area (Å²) in [4.78, 5) is 42.1. The number of hydrogen-bond donors (Lipinski definition) is 2. The van der Waals surface area contributed by atoms with Crippen molar-refractivity contribution in [3.63, 3.8) is 0 Å². The Hall–Kier alpha value is 0.600. The summed E-state index contributed by atoms with van der Waals surface area (Å²) in [6.45, 7) is 0. The van der Waals surface area contributed by atoms with Gasteiger partial charge in [0.05, 0.1) is 0 Å². The molecule has 14 heavy (non-hydrogen) atoms. The Morgan fingerprint density at radius 2 is 0.929 bits per heavy atom. The second kappa shape index (κ2) is 6.24. The van der Waals surface area contributed by atoms with Gasteiger partial charge in [-0.3, -0.25) is 19.2 Å². The van der Waals surface area contributed by atoms with E-state index in [1.165, 1.54) is 0 Å². The molecule has 64 valence electrons. The minimum atomic E-state index is -2.09. The molecular weight excluding hydrogens is 214 g/mol. The third-order valence-electron chi connectivity index (χ3n) is 1.49. The van der Waals surface area contributed by atoms with E-state index in [0.29, 0.717) is 0 Å². The van der Waals surface area contributed by atoms with E-state index in [1.807, 2.05) is 0 Å². The Morgan fingerprint density at radius 1 is 0.714 bits per heavy atom. The largest absolute Gasteiger partial charge is 1.00 e. The van der Waals surface area contributed by atoms with Crippen molar-refractivity contribution < 1.29 is 88.5 Å². The maximum absolute atomic E-state index is 10.6. The van der Waals surface area contributed by atoms with E-state index >= 15 is 0 Å². The molecule has 2 N–H and O–H groups in total. The van der Waals surface area contributed by atoms with Crippen LogP contribution in [0.5, 0.6) is 0 Å². The molecule has 0 amide bonds. The van der Waals surface area contributed by atoms with E-state index < -0.39 is 35.3 Å². The summed E-state index contributed by atoms with van der Waals surface area (Å²) in [7, 11) is 0. The van der Waals surface area contributed by atoms with Crippen molar-refractivity contribution in [2.24, 2.45) is 0 Å². The molecule has 2 unspecified atom stereocenters. The molecule has 1 rings (SSSR count). The molecule has 1 aliphatic carbocycles. The summed E-state index contributed by atoms with van der Waals surface area (Å²) in [6, 6.07) is 0. The van der Waals surface area contributed by atoms with E-state index in [2.05, 4.69) is 0 Å². The first-order valence-corrected chi connectivity index (χ1v) is 2.99. The van der Waals surface area contributed by atoms with Crippen LogP contribution in [0.3, 0.4) is 0 Å². The Bertz CT molecular complexity index is 269. The Balaban J connectivity index is 0. The zero-order chi connectivity index (χ0) is 9.46. The number of Topliss-reactive ketones (excluding diaryl/α,β-unsaturated/α-hetero) is 4. The molecule has 0 saturated heterocycles. The van der Waals surface area contributed by atoms with E-state index in [4.69, 9.17) is 10.2 Å². The molecule has 1 saturated carbocycles. The van der Waals surface area contributed by atoms with Gasteiger partial charge in [-0.05, 0) is 0 Å². The van der Waals surface area contributed by atoms with Gasteiger partial charge in [-0.15, -0.1) is 0 Å². The standard InChI is InChI=1S/C6H4O6.2Na/c7-1-2(8)4(10)6(12)5(11)3(1)9;;/h1-2,7-8H;;/q;2*+1. The number of carbonyl (C=O) groups is 4. The molecule has 0 aromatic carbocycles. The monoisotopic (exact) mass is 218 g/mol. The molecule has 0 bridgehead atoms. The van der Waals surface area contributed by atoms with Gasteiger partial charge in [-0.25, -0.2) is 0 Å². The van der Waals surface area contributed by atoms with Crippen LogP contribution in [0, 0.1) is 0 Å². The predicted molar refractivity (Wildman–Crippen MR) is 32.0 cm³/mol. The number of aliphatic hydroxyl groups excluding tert-OH is 2. The third kappa shape index (κ3) is 2.80. The number of hydrogen-bond acceptors (Lipinski definition) is 6. The summed E-state index contributed by atoms with van der Waals surface area (Å²) < 4.78 is 0. The van der Waals surface area contributed by atoms with Crippen LogP contribution >= 0.6 is 0 Å². The Labute approximate surface area is 123 Å². The molecule has 0 heterocycles. The summed E-state index contributed by atoms with van der Waals surface area (Å²) in [6.07, 6.45) is -4.19. The quantitative estimate of drug-likeness (QED) is 0.308. The van der Waals surface area contributed by atoms with Crippen LogP contribution in [0.4, 0.5) is 0 Å². The van der Waals surface area contributed by atoms with Crippen LogP contribution in [0.15, 0.2) is 0 Å². The molecule has 1 fully saturated rings. The van der Waals surface area contributed by atoms with Crippen molar-refractivity contribution in [3.05, 3.63) is 0 Å². The fraction of sp³-hybridized carbons (Fsp3) is 0.333. The predicted octanol–water partition coefficient (Wildman–Crippen LogP) is -8.99. The van der Waals surface area contributed by atoms with Crippen molar-refractivity contribution in [2.75, 3.05) is 0 Å². The molecule has 8 heteroatoms. The van der Waals surface area contributed by atoms with Crippen LogP contribution in [0.1, 0.15) is 0 Å². The van der Waals surface area contributed by atoms with E-state index in [-0.39, 0.29) is 59.1 Å². The van der Waals surface area contributed by atoms with Gasteiger partial charge in [-0.2, -0.15) is 0 Å². The van der Waals surface area contributed by atoms with E-state index in [0.717, 1.165) is 0 Å². The van der Waals surface area contributed by atoms with Crippen molar-refractivity contribution in [3.8, 4) is 0 Å². The molecular formula is C6H4Na2O6+2. The zero-order valence-corrected chi connectivity index (χ0v) is 11.7. The fourth-order valence-corrected chi connectivity index (χ4v) is 0.779. The minimum Gasteiger partial charge on any atom is -0.382 e. The van der Waals surface area contributed by atoms with Gasteiger partial charge in [0, 0.05) is 0 Å². The average molecular weight is 218 g/mol. The van der Waals surface area contributed by atoms with Crippen LogP contribution in [0.25, 0.3) is 0 Å². The second-order valence-corrected chi connectivity index (χ2v) is 2.28. The zero-order valence-electron chi connectivity index (χ0n) is 7.68. The number of ketones is 4. The van der Waals surface area contributed by atoms with Crippen LogP contribution in [-0.4, -0.2) is 45.6 Å². The third-order valence-corrected chi connectivity index (χ3v) is 1.49. The smallest absolute Gasteiger partial charge is 0.382 e. The summed E-state index contributed by atoms with van der Waals surface area (Å²) >= 11 is 0. The second-order valence-electron chi connectivity index (χ2n) is 2.28. The minimum absolute atomic E-state index is 0. The maximum atomic E-state index is 10.6. The molecule has 0 aromatic heterocycles. The van der Waals surface area contributed by atoms with Gasteiger partial charge >= 0.3 is 59.1 Å². The van der Waals surface area contributed by atoms with E-state index in [9.17, 15) is 19.2 Å². The topological polar surface area (TPSA) is 109 Å². The fourth-order valence-electron chi connectivity index (χ4n) is 0.779.